The number of rotatable bonds is 1. The third-order valence-electron chi connectivity index (χ3n) is 2.83. The minimum Gasteiger partial charge on any atom is -0.465 e. The Bertz CT molecular complexity index is 660. The van der Waals surface area contributed by atoms with Gasteiger partial charge in [-0.3, -0.25) is 9.36 Å². The Hall–Kier alpha value is -2.50. The van der Waals surface area contributed by atoms with Crippen molar-refractivity contribution in [2.45, 2.75) is 6.42 Å². The fourth-order valence-electron chi connectivity index (χ4n) is 2.01. The number of carbonyl (C=O) groups excluding carboxylic acids is 2. The van der Waals surface area contributed by atoms with E-state index in [2.05, 4.69) is 14.7 Å². The van der Waals surface area contributed by atoms with E-state index in [0.717, 1.165) is 0 Å². The van der Waals surface area contributed by atoms with Gasteiger partial charge >= 0.3 is 5.97 Å². The van der Waals surface area contributed by atoms with Gasteiger partial charge in [0.1, 0.15) is 5.82 Å². The molecule has 0 N–H and O–H groups in total. The SMILES string of the molecule is COC(=O)c1cnc2c(c1)CC(=O)c1nccn1-2. The number of imidazole rings is 1. The molecule has 0 saturated carbocycles. The molecule has 3 heterocycles. The monoisotopic (exact) mass is 243 g/mol. The normalized spacial score (nSPS) is 12.8. The van der Waals surface area contributed by atoms with E-state index in [4.69, 9.17) is 0 Å². The number of hydrogen-bond donors (Lipinski definition) is 0. The molecule has 6 heteroatoms. The number of methoxy groups -OCH3 is 1. The van der Waals surface area contributed by atoms with Crippen molar-refractivity contribution in [3.8, 4) is 5.82 Å². The quantitative estimate of drug-likeness (QED) is 0.692. The second-order valence-electron chi connectivity index (χ2n) is 3.92. The maximum atomic E-state index is 11.8. The van der Waals surface area contributed by atoms with Crippen LogP contribution in [0.5, 0.6) is 0 Å². The van der Waals surface area contributed by atoms with Gasteiger partial charge in [0.05, 0.1) is 12.7 Å². The Morgan fingerprint density at radius 1 is 1.44 bits per heavy atom. The Morgan fingerprint density at radius 3 is 3.06 bits per heavy atom. The lowest BCUT2D eigenvalue weighted by Gasteiger charge is -2.16. The van der Waals surface area contributed by atoms with Crippen molar-refractivity contribution in [3.63, 3.8) is 0 Å². The van der Waals surface area contributed by atoms with Gasteiger partial charge in [0.2, 0.25) is 5.78 Å². The molecule has 0 radical (unpaired) electrons. The first-order chi connectivity index (χ1) is 8.70. The molecule has 0 saturated heterocycles. The number of ether oxygens (including phenoxy) is 1. The summed E-state index contributed by atoms with van der Waals surface area (Å²) < 4.78 is 6.25. The number of fused-ring (bicyclic) bond motifs is 3. The van der Waals surface area contributed by atoms with E-state index in [-0.39, 0.29) is 12.2 Å². The second kappa shape index (κ2) is 3.76. The molecule has 1 aliphatic heterocycles. The van der Waals surface area contributed by atoms with Gasteiger partial charge < -0.3 is 4.74 Å². The smallest absolute Gasteiger partial charge is 0.339 e. The first-order valence-electron chi connectivity index (χ1n) is 5.35. The van der Waals surface area contributed by atoms with Crippen molar-refractivity contribution >= 4 is 11.8 Å². The molecular formula is C12H9N3O3. The number of nitrogens with zero attached hydrogens (tertiary/aromatic N) is 3. The summed E-state index contributed by atoms with van der Waals surface area (Å²) in [7, 11) is 1.31. The van der Waals surface area contributed by atoms with Crippen LogP contribution in [0.25, 0.3) is 5.82 Å². The summed E-state index contributed by atoms with van der Waals surface area (Å²) in [6.45, 7) is 0. The zero-order valence-electron chi connectivity index (χ0n) is 9.58. The van der Waals surface area contributed by atoms with E-state index in [0.29, 0.717) is 22.8 Å². The number of ketones is 1. The van der Waals surface area contributed by atoms with Crippen molar-refractivity contribution in [1.29, 1.82) is 0 Å². The second-order valence-corrected chi connectivity index (χ2v) is 3.92. The average molecular weight is 243 g/mol. The summed E-state index contributed by atoms with van der Waals surface area (Å²) in [6.07, 6.45) is 4.86. The first kappa shape index (κ1) is 10.6. The first-order valence-corrected chi connectivity index (χ1v) is 5.35. The predicted molar refractivity (Wildman–Crippen MR) is 60.7 cm³/mol. The zero-order valence-corrected chi connectivity index (χ0v) is 9.58. The minimum atomic E-state index is -0.464. The molecule has 2 aromatic rings. The van der Waals surface area contributed by atoms with Gasteiger partial charge in [-0.25, -0.2) is 14.8 Å². The van der Waals surface area contributed by atoms with Crippen LogP contribution in [0.3, 0.4) is 0 Å². The van der Waals surface area contributed by atoms with Crippen LogP contribution in [0.1, 0.15) is 26.5 Å². The Balaban J connectivity index is 2.15. The van der Waals surface area contributed by atoms with Gasteiger partial charge in [0.25, 0.3) is 0 Å². The van der Waals surface area contributed by atoms with E-state index >= 15 is 0 Å². The summed E-state index contributed by atoms with van der Waals surface area (Å²) in [6, 6.07) is 1.63. The molecule has 0 aliphatic carbocycles. The van der Waals surface area contributed by atoms with Crippen LogP contribution in [-0.2, 0) is 11.2 Å². The van der Waals surface area contributed by atoms with E-state index in [9.17, 15) is 9.59 Å². The van der Waals surface area contributed by atoms with Crippen molar-refractivity contribution in [1.82, 2.24) is 14.5 Å². The van der Waals surface area contributed by atoms with Crippen molar-refractivity contribution in [3.05, 3.63) is 41.6 Å². The predicted octanol–water partition coefficient (Wildman–Crippen LogP) is 0.793. The molecule has 6 nitrogen and oxygen atoms in total. The average Bonchev–Trinajstić information content (AvgIpc) is 2.87. The fourth-order valence-corrected chi connectivity index (χ4v) is 2.01. The number of hydrogen-bond acceptors (Lipinski definition) is 5. The van der Waals surface area contributed by atoms with Crippen LogP contribution in [0.15, 0.2) is 24.7 Å². The van der Waals surface area contributed by atoms with Crippen LogP contribution < -0.4 is 0 Å². The van der Waals surface area contributed by atoms with Gasteiger partial charge in [-0.2, -0.15) is 0 Å². The Morgan fingerprint density at radius 2 is 2.28 bits per heavy atom. The molecule has 0 unspecified atom stereocenters. The van der Waals surface area contributed by atoms with E-state index < -0.39 is 5.97 Å². The van der Waals surface area contributed by atoms with E-state index in [1.165, 1.54) is 13.3 Å². The lowest BCUT2D eigenvalue weighted by molar-refractivity contribution is 0.0599. The highest BCUT2D eigenvalue weighted by Gasteiger charge is 2.25. The third-order valence-corrected chi connectivity index (χ3v) is 2.83. The van der Waals surface area contributed by atoms with Crippen LogP contribution in [0, 0.1) is 0 Å². The van der Waals surface area contributed by atoms with Crippen molar-refractivity contribution < 1.29 is 14.3 Å². The van der Waals surface area contributed by atoms with Crippen molar-refractivity contribution in [2.24, 2.45) is 0 Å². The topological polar surface area (TPSA) is 74.1 Å². The van der Waals surface area contributed by atoms with Gasteiger partial charge in [0, 0.05) is 30.6 Å². The maximum absolute atomic E-state index is 11.8. The number of aromatic nitrogens is 3. The summed E-state index contributed by atoms with van der Waals surface area (Å²) in [5.41, 5.74) is 1.04. The molecule has 3 rings (SSSR count). The summed E-state index contributed by atoms with van der Waals surface area (Å²) >= 11 is 0. The fraction of sp³-hybridized carbons (Fsp3) is 0.167. The largest absolute Gasteiger partial charge is 0.465 e. The molecule has 0 aromatic carbocycles. The molecule has 0 spiro atoms. The zero-order chi connectivity index (χ0) is 12.7. The molecule has 0 amide bonds. The highest BCUT2D eigenvalue weighted by atomic mass is 16.5. The highest BCUT2D eigenvalue weighted by Crippen LogP contribution is 2.22. The van der Waals surface area contributed by atoms with Crippen LogP contribution in [0.2, 0.25) is 0 Å². The summed E-state index contributed by atoms with van der Waals surface area (Å²) in [5, 5.41) is 0. The minimum absolute atomic E-state index is 0.0867. The van der Waals surface area contributed by atoms with Crippen LogP contribution in [0.4, 0.5) is 0 Å². The summed E-state index contributed by atoms with van der Waals surface area (Å²) in [5.74, 6) is 0.459. The molecule has 90 valence electrons. The Kier molecular flexibility index (Phi) is 2.22. The molecular weight excluding hydrogens is 234 g/mol. The number of carbonyl (C=O) groups is 2. The van der Waals surface area contributed by atoms with Crippen molar-refractivity contribution in [2.75, 3.05) is 7.11 Å². The molecule has 2 aromatic heterocycles. The van der Waals surface area contributed by atoms with Gasteiger partial charge in [-0.05, 0) is 6.07 Å². The van der Waals surface area contributed by atoms with Crippen LogP contribution >= 0.6 is 0 Å². The summed E-state index contributed by atoms with van der Waals surface area (Å²) in [4.78, 5) is 31.4. The molecule has 1 aliphatic rings. The standard InChI is InChI=1S/C12H9N3O3/c1-18-12(17)8-4-7-5-9(16)11-13-2-3-15(11)10(7)14-6-8/h2-4,6H,5H2,1H3. The van der Waals surface area contributed by atoms with Gasteiger partial charge in [-0.1, -0.05) is 0 Å². The lowest BCUT2D eigenvalue weighted by Crippen LogP contribution is -2.21. The molecule has 18 heavy (non-hydrogen) atoms. The molecule has 0 bridgehead atoms. The van der Waals surface area contributed by atoms with Crippen LogP contribution in [-0.4, -0.2) is 33.4 Å². The lowest BCUT2D eigenvalue weighted by atomic mass is 10.0. The highest BCUT2D eigenvalue weighted by molar-refractivity contribution is 5.98. The number of Topliss-reactive ketones (excluding diaryl/α,β-unsaturated/α-hetero) is 1. The van der Waals surface area contributed by atoms with Gasteiger partial charge in [-0.15, -0.1) is 0 Å². The number of pyridine rings is 1. The molecule has 0 fully saturated rings. The maximum Gasteiger partial charge on any atom is 0.339 e. The Labute approximate surface area is 102 Å². The third kappa shape index (κ3) is 1.42. The number of esters is 1. The molecule has 0 atom stereocenters. The van der Waals surface area contributed by atoms with Gasteiger partial charge in [0.15, 0.2) is 5.82 Å². The van der Waals surface area contributed by atoms with E-state index in [1.54, 1.807) is 23.0 Å². The van der Waals surface area contributed by atoms with E-state index in [1.807, 2.05) is 0 Å².